The van der Waals surface area contributed by atoms with Gasteiger partial charge in [0, 0.05) is 26.2 Å². The molecule has 0 saturated carbocycles. The molecule has 0 aliphatic carbocycles. The second-order valence-electron chi connectivity index (χ2n) is 6.20. The van der Waals surface area contributed by atoms with Crippen LogP contribution in [0.1, 0.15) is 28.5 Å². The third-order valence-electron chi connectivity index (χ3n) is 4.50. The lowest BCUT2D eigenvalue weighted by molar-refractivity contribution is 0.0663. The lowest BCUT2D eigenvalue weighted by Crippen LogP contribution is -2.47. The number of carbonyl (C=O) groups excluding carboxylic acids is 1. The van der Waals surface area contributed by atoms with Gasteiger partial charge in [0.2, 0.25) is 0 Å². The zero-order valence-corrected chi connectivity index (χ0v) is 14.1. The number of hydrogen-bond acceptors (Lipinski definition) is 3. The maximum Gasteiger partial charge on any atom is 0.257 e. The van der Waals surface area contributed by atoms with Crippen LogP contribution in [0.3, 0.4) is 0 Å². The Morgan fingerprint density at radius 2 is 1.78 bits per heavy atom. The molecule has 0 N–H and O–H groups in total. The van der Waals surface area contributed by atoms with Crippen molar-refractivity contribution in [3.05, 3.63) is 47.3 Å². The second kappa shape index (κ2) is 6.54. The van der Waals surface area contributed by atoms with Gasteiger partial charge in [-0.3, -0.25) is 4.79 Å². The largest absolute Gasteiger partial charge is 0.336 e. The lowest BCUT2D eigenvalue weighted by atomic mass is 10.1. The van der Waals surface area contributed by atoms with Gasteiger partial charge in [-0.15, -0.1) is 0 Å². The molecular weight excluding hydrogens is 288 g/mol. The number of benzene rings is 1. The van der Waals surface area contributed by atoms with Crippen molar-refractivity contribution in [2.75, 3.05) is 33.2 Å². The van der Waals surface area contributed by atoms with E-state index in [2.05, 4.69) is 43.0 Å². The third-order valence-corrected chi connectivity index (χ3v) is 4.50. The fraction of sp³-hybridized carbons (Fsp3) is 0.444. The van der Waals surface area contributed by atoms with Gasteiger partial charge in [0.25, 0.3) is 5.91 Å². The summed E-state index contributed by atoms with van der Waals surface area (Å²) < 4.78 is 1.89. The normalized spacial score (nSPS) is 15.9. The summed E-state index contributed by atoms with van der Waals surface area (Å²) in [5.74, 6) is 0.105. The zero-order chi connectivity index (χ0) is 16.4. The SMILES string of the molecule is CCc1c(C(=O)N2CCN(C)CC2)cnn1-c1ccc(C)cc1. The first kappa shape index (κ1) is 15.7. The van der Waals surface area contributed by atoms with Crippen LogP contribution in [-0.2, 0) is 6.42 Å². The Morgan fingerprint density at radius 1 is 1.13 bits per heavy atom. The van der Waals surface area contributed by atoms with Crippen molar-refractivity contribution in [2.24, 2.45) is 0 Å². The Kier molecular flexibility index (Phi) is 4.48. The highest BCUT2D eigenvalue weighted by molar-refractivity contribution is 5.95. The molecule has 1 aromatic carbocycles. The molecule has 2 heterocycles. The predicted octanol–water partition coefficient (Wildman–Crippen LogP) is 2.13. The van der Waals surface area contributed by atoms with E-state index in [-0.39, 0.29) is 5.91 Å². The van der Waals surface area contributed by atoms with E-state index in [0.717, 1.165) is 49.5 Å². The molecule has 1 saturated heterocycles. The molecule has 1 aliphatic rings. The quantitative estimate of drug-likeness (QED) is 0.872. The van der Waals surface area contributed by atoms with Gasteiger partial charge in [-0.1, -0.05) is 24.6 Å². The zero-order valence-electron chi connectivity index (χ0n) is 14.1. The van der Waals surface area contributed by atoms with Gasteiger partial charge >= 0.3 is 0 Å². The number of rotatable bonds is 3. The first-order valence-electron chi connectivity index (χ1n) is 8.22. The maximum absolute atomic E-state index is 12.8. The molecule has 5 nitrogen and oxygen atoms in total. The number of hydrogen-bond donors (Lipinski definition) is 0. The molecule has 0 atom stereocenters. The van der Waals surface area contributed by atoms with Gasteiger partial charge < -0.3 is 9.80 Å². The average Bonchev–Trinajstić information content (AvgIpc) is 2.99. The first-order chi connectivity index (χ1) is 11.1. The van der Waals surface area contributed by atoms with Gasteiger partial charge in [0.05, 0.1) is 23.1 Å². The van der Waals surface area contributed by atoms with Crippen molar-refractivity contribution in [3.8, 4) is 5.69 Å². The monoisotopic (exact) mass is 312 g/mol. The molecule has 0 bridgehead atoms. The van der Waals surface area contributed by atoms with Gasteiger partial charge in [0.15, 0.2) is 0 Å². The summed E-state index contributed by atoms with van der Waals surface area (Å²) in [6, 6.07) is 8.23. The highest BCUT2D eigenvalue weighted by atomic mass is 16.2. The van der Waals surface area contributed by atoms with Crippen molar-refractivity contribution >= 4 is 5.91 Å². The van der Waals surface area contributed by atoms with E-state index < -0.39 is 0 Å². The molecule has 5 heteroatoms. The molecule has 3 rings (SSSR count). The van der Waals surface area contributed by atoms with Crippen LogP contribution in [0, 0.1) is 6.92 Å². The summed E-state index contributed by atoms with van der Waals surface area (Å²) in [6.45, 7) is 7.57. The van der Waals surface area contributed by atoms with Crippen LogP contribution < -0.4 is 0 Å². The van der Waals surface area contributed by atoms with E-state index in [1.165, 1.54) is 5.56 Å². The van der Waals surface area contributed by atoms with Crippen LogP contribution in [0.4, 0.5) is 0 Å². The molecule has 1 fully saturated rings. The van der Waals surface area contributed by atoms with Gasteiger partial charge in [0.1, 0.15) is 0 Å². The van der Waals surface area contributed by atoms with Crippen molar-refractivity contribution in [3.63, 3.8) is 0 Å². The summed E-state index contributed by atoms with van der Waals surface area (Å²) in [5, 5.41) is 4.48. The van der Waals surface area contributed by atoms with Gasteiger partial charge in [-0.05, 0) is 32.5 Å². The molecule has 0 radical (unpaired) electrons. The summed E-state index contributed by atoms with van der Waals surface area (Å²) in [5.41, 5.74) is 3.94. The second-order valence-corrected chi connectivity index (χ2v) is 6.20. The van der Waals surface area contributed by atoms with Crippen LogP contribution >= 0.6 is 0 Å². The van der Waals surface area contributed by atoms with Crippen LogP contribution in [-0.4, -0.2) is 58.7 Å². The Labute approximate surface area is 137 Å². The van der Waals surface area contributed by atoms with Crippen LogP contribution in [0.15, 0.2) is 30.5 Å². The van der Waals surface area contributed by atoms with Crippen molar-refractivity contribution in [1.82, 2.24) is 19.6 Å². The smallest absolute Gasteiger partial charge is 0.257 e. The fourth-order valence-corrected chi connectivity index (χ4v) is 2.98. The van der Waals surface area contributed by atoms with E-state index >= 15 is 0 Å². The lowest BCUT2D eigenvalue weighted by Gasteiger charge is -2.32. The fourth-order valence-electron chi connectivity index (χ4n) is 2.98. The summed E-state index contributed by atoms with van der Waals surface area (Å²) in [6.07, 6.45) is 2.50. The number of aryl methyl sites for hydroxylation is 1. The third kappa shape index (κ3) is 3.15. The molecule has 2 aromatic rings. The standard InChI is InChI=1S/C18H24N4O/c1-4-17-16(18(23)21-11-9-20(3)10-12-21)13-19-22(17)15-7-5-14(2)6-8-15/h5-8,13H,4,9-12H2,1-3H3. The maximum atomic E-state index is 12.8. The Balaban J connectivity index is 1.89. The highest BCUT2D eigenvalue weighted by Gasteiger charge is 2.24. The summed E-state index contributed by atoms with van der Waals surface area (Å²) in [4.78, 5) is 17.0. The van der Waals surface area contributed by atoms with E-state index in [4.69, 9.17) is 0 Å². The van der Waals surface area contributed by atoms with Crippen LogP contribution in [0.5, 0.6) is 0 Å². The number of likely N-dealkylation sites (N-methyl/N-ethyl adjacent to an activating group) is 1. The Morgan fingerprint density at radius 3 is 2.39 bits per heavy atom. The van der Waals surface area contributed by atoms with E-state index in [9.17, 15) is 4.79 Å². The molecule has 0 unspecified atom stereocenters. The molecule has 1 aromatic heterocycles. The predicted molar refractivity (Wildman–Crippen MR) is 91.1 cm³/mol. The number of aromatic nitrogens is 2. The number of carbonyl (C=O) groups is 1. The molecular formula is C18H24N4O. The number of piperazine rings is 1. The molecule has 0 spiro atoms. The molecule has 1 amide bonds. The van der Waals surface area contributed by atoms with Crippen LogP contribution in [0.2, 0.25) is 0 Å². The molecule has 1 aliphatic heterocycles. The molecule has 122 valence electrons. The van der Waals surface area contributed by atoms with E-state index in [1.54, 1.807) is 6.20 Å². The minimum Gasteiger partial charge on any atom is -0.336 e. The van der Waals surface area contributed by atoms with Crippen molar-refractivity contribution < 1.29 is 4.79 Å². The minimum absolute atomic E-state index is 0.105. The van der Waals surface area contributed by atoms with Gasteiger partial charge in [-0.25, -0.2) is 4.68 Å². The average molecular weight is 312 g/mol. The van der Waals surface area contributed by atoms with Crippen molar-refractivity contribution in [1.29, 1.82) is 0 Å². The summed E-state index contributed by atoms with van der Waals surface area (Å²) in [7, 11) is 2.09. The Bertz CT molecular complexity index is 682. The Hall–Kier alpha value is -2.14. The minimum atomic E-state index is 0.105. The number of amides is 1. The van der Waals surface area contributed by atoms with E-state index in [0.29, 0.717) is 0 Å². The number of nitrogens with zero attached hydrogens (tertiary/aromatic N) is 4. The van der Waals surface area contributed by atoms with Crippen LogP contribution in [0.25, 0.3) is 5.69 Å². The van der Waals surface area contributed by atoms with Gasteiger partial charge in [-0.2, -0.15) is 5.10 Å². The van der Waals surface area contributed by atoms with Crippen molar-refractivity contribution in [2.45, 2.75) is 20.3 Å². The highest BCUT2D eigenvalue weighted by Crippen LogP contribution is 2.18. The first-order valence-corrected chi connectivity index (χ1v) is 8.22. The molecule has 23 heavy (non-hydrogen) atoms. The van der Waals surface area contributed by atoms with E-state index in [1.807, 2.05) is 21.7 Å². The summed E-state index contributed by atoms with van der Waals surface area (Å²) >= 11 is 0. The topological polar surface area (TPSA) is 41.4 Å².